The molecule has 0 radical (unpaired) electrons. The highest BCUT2D eigenvalue weighted by Gasteiger charge is 2.05. The number of benzene rings is 1. The average molecular weight is 239 g/mol. The molecule has 0 aliphatic carbocycles. The highest BCUT2D eigenvalue weighted by molar-refractivity contribution is 5.66. The molecule has 0 aliphatic heterocycles. The Bertz CT molecular complexity index is 379. The highest BCUT2D eigenvalue weighted by Crippen LogP contribution is 2.27. The summed E-state index contributed by atoms with van der Waals surface area (Å²) in [6, 6.07) is 5.66. The number of alkyl carbamates (subject to hydrolysis) is 1. The number of nitrogens with one attached hydrogen (secondary N) is 1. The predicted octanol–water partition coefficient (Wildman–Crippen LogP) is 1.60. The molecule has 1 N–H and O–H groups in total. The van der Waals surface area contributed by atoms with Crippen LogP contribution in [0.5, 0.6) is 11.5 Å². The van der Waals surface area contributed by atoms with Crippen LogP contribution in [0.15, 0.2) is 18.2 Å². The molecule has 1 aromatic rings. The van der Waals surface area contributed by atoms with Crippen molar-refractivity contribution in [3.05, 3.63) is 23.8 Å². The van der Waals surface area contributed by atoms with Crippen molar-refractivity contribution in [2.45, 2.75) is 6.42 Å². The minimum Gasteiger partial charge on any atom is -0.493 e. The molecule has 1 amide bonds. The van der Waals surface area contributed by atoms with E-state index in [2.05, 4.69) is 10.1 Å². The fourth-order valence-electron chi connectivity index (χ4n) is 1.42. The van der Waals surface area contributed by atoms with Crippen LogP contribution in [0.25, 0.3) is 0 Å². The van der Waals surface area contributed by atoms with Gasteiger partial charge < -0.3 is 19.5 Å². The second kappa shape index (κ2) is 6.62. The Morgan fingerprint density at radius 1 is 1.18 bits per heavy atom. The summed E-state index contributed by atoms with van der Waals surface area (Å²) in [6.07, 6.45) is 0.278. The Kier molecular flexibility index (Phi) is 5.13. The number of amides is 1. The lowest BCUT2D eigenvalue weighted by Gasteiger charge is -2.09. The summed E-state index contributed by atoms with van der Waals surface area (Å²) < 4.78 is 14.8. The maximum absolute atomic E-state index is 10.8. The van der Waals surface area contributed by atoms with Crippen molar-refractivity contribution < 1.29 is 19.0 Å². The van der Waals surface area contributed by atoms with E-state index in [1.807, 2.05) is 18.2 Å². The average Bonchev–Trinajstić information content (AvgIpc) is 2.38. The van der Waals surface area contributed by atoms with Crippen LogP contribution in [0.2, 0.25) is 0 Å². The van der Waals surface area contributed by atoms with Crippen LogP contribution in [0.4, 0.5) is 4.79 Å². The molecule has 0 spiro atoms. The molecule has 0 bridgehead atoms. The van der Waals surface area contributed by atoms with Gasteiger partial charge in [-0.3, -0.25) is 0 Å². The Labute approximate surface area is 101 Å². The first-order chi connectivity index (χ1) is 8.21. The van der Waals surface area contributed by atoms with Crippen molar-refractivity contribution in [2.24, 2.45) is 0 Å². The van der Waals surface area contributed by atoms with E-state index in [0.717, 1.165) is 5.56 Å². The van der Waals surface area contributed by atoms with Crippen LogP contribution in [-0.2, 0) is 11.2 Å². The number of methoxy groups -OCH3 is 3. The first kappa shape index (κ1) is 13.2. The Morgan fingerprint density at radius 2 is 1.88 bits per heavy atom. The van der Waals surface area contributed by atoms with Crippen LogP contribution in [0.1, 0.15) is 5.56 Å². The highest BCUT2D eigenvalue weighted by atomic mass is 16.5. The maximum atomic E-state index is 10.8. The van der Waals surface area contributed by atoms with Gasteiger partial charge in [-0.25, -0.2) is 4.79 Å². The molecule has 17 heavy (non-hydrogen) atoms. The monoisotopic (exact) mass is 239 g/mol. The SMILES string of the molecule is COC(=O)NCCc1ccc(OC)c(OC)c1. The van der Waals surface area contributed by atoms with E-state index in [1.165, 1.54) is 7.11 Å². The van der Waals surface area contributed by atoms with Gasteiger partial charge in [0.2, 0.25) is 0 Å². The van der Waals surface area contributed by atoms with Gasteiger partial charge in [0.15, 0.2) is 11.5 Å². The molecule has 0 heterocycles. The van der Waals surface area contributed by atoms with Gasteiger partial charge in [0.05, 0.1) is 21.3 Å². The molecule has 0 fully saturated rings. The Balaban J connectivity index is 2.57. The summed E-state index contributed by atoms with van der Waals surface area (Å²) in [6.45, 7) is 0.516. The lowest BCUT2D eigenvalue weighted by atomic mass is 10.1. The van der Waals surface area contributed by atoms with Crippen LogP contribution in [0, 0.1) is 0 Å². The number of rotatable bonds is 5. The largest absolute Gasteiger partial charge is 0.493 e. The fraction of sp³-hybridized carbons (Fsp3) is 0.417. The summed E-state index contributed by atoms with van der Waals surface area (Å²) in [7, 11) is 4.52. The maximum Gasteiger partial charge on any atom is 0.406 e. The molecule has 94 valence electrons. The van der Waals surface area contributed by atoms with Crippen LogP contribution in [0.3, 0.4) is 0 Å². The van der Waals surface area contributed by atoms with E-state index < -0.39 is 6.09 Å². The van der Waals surface area contributed by atoms with Crippen molar-refractivity contribution in [2.75, 3.05) is 27.9 Å². The molecular formula is C12H17NO4. The van der Waals surface area contributed by atoms with Gasteiger partial charge in [-0.05, 0) is 24.1 Å². The summed E-state index contributed by atoms with van der Waals surface area (Å²) in [5.74, 6) is 1.38. The zero-order valence-electron chi connectivity index (χ0n) is 10.3. The van der Waals surface area contributed by atoms with Crippen molar-refractivity contribution in [1.82, 2.24) is 5.32 Å². The number of hydrogen-bond acceptors (Lipinski definition) is 4. The van der Waals surface area contributed by atoms with Crippen LogP contribution in [-0.4, -0.2) is 34.0 Å². The van der Waals surface area contributed by atoms with Gasteiger partial charge in [0, 0.05) is 6.54 Å². The molecule has 0 aromatic heterocycles. The van der Waals surface area contributed by atoms with E-state index >= 15 is 0 Å². The third-order valence-corrected chi connectivity index (χ3v) is 2.32. The van der Waals surface area contributed by atoms with Gasteiger partial charge in [-0.15, -0.1) is 0 Å². The summed E-state index contributed by atoms with van der Waals surface area (Å²) in [5, 5.41) is 2.61. The van der Waals surface area contributed by atoms with Gasteiger partial charge >= 0.3 is 6.09 Å². The lowest BCUT2D eigenvalue weighted by molar-refractivity contribution is 0.171. The second-order valence-corrected chi connectivity index (χ2v) is 3.36. The first-order valence-corrected chi connectivity index (χ1v) is 5.24. The van der Waals surface area contributed by atoms with E-state index in [-0.39, 0.29) is 0 Å². The number of carbonyl (C=O) groups is 1. The predicted molar refractivity (Wildman–Crippen MR) is 63.7 cm³/mol. The molecule has 0 atom stereocenters. The van der Waals surface area contributed by atoms with E-state index in [0.29, 0.717) is 24.5 Å². The second-order valence-electron chi connectivity index (χ2n) is 3.36. The zero-order chi connectivity index (χ0) is 12.7. The van der Waals surface area contributed by atoms with Crippen molar-refractivity contribution in [3.8, 4) is 11.5 Å². The molecule has 0 saturated carbocycles. The minimum atomic E-state index is -0.425. The smallest absolute Gasteiger partial charge is 0.406 e. The molecule has 0 saturated heterocycles. The van der Waals surface area contributed by atoms with Crippen LogP contribution < -0.4 is 14.8 Å². The number of ether oxygens (including phenoxy) is 3. The Hall–Kier alpha value is -1.91. The van der Waals surface area contributed by atoms with Crippen molar-refractivity contribution >= 4 is 6.09 Å². The lowest BCUT2D eigenvalue weighted by Crippen LogP contribution is -2.25. The number of carbonyl (C=O) groups excluding carboxylic acids is 1. The van der Waals surface area contributed by atoms with Gasteiger partial charge in [0.1, 0.15) is 0 Å². The standard InChI is InChI=1S/C12H17NO4/c1-15-10-5-4-9(8-11(10)16-2)6-7-13-12(14)17-3/h4-5,8H,6-7H2,1-3H3,(H,13,14). The van der Waals surface area contributed by atoms with E-state index in [9.17, 15) is 4.79 Å². The topological polar surface area (TPSA) is 56.8 Å². The van der Waals surface area contributed by atoms with Gasteiger partial charge in [0.25, 0.3) is 0 Å². The molecule has 5 heteroatoms. The fourth-order valence-corrected chi connectivity index (χ4v) is 1.42. The number of hydrogen-bond donors (Lipinski definition) is 1. The molecule has 5 nitrogen and oxygen atoms in total. The quantitative estimate of drug-likeness (QED) is 0.848. The molecule has 0 aliphatic rings. The van der Waals surface area contributed by atoms with Crippen molar-refractivity contribution in [1.29, 1.82) is 0 Å². The third-order valence-electron chi connectivity index (χ3n) is 2.32. The molecule has 1 aromatic carbocycles. The first-order valence-electron chi connectivity index (χ1n) is 5.24. The molecule has 0 unspecified atom stereocenters. The van der Waals surface area contributed by atoms with Gasteiger partial charge in [-0.1, -0.05) is 6.07 Å². The van der Waals surface area contributed by atoms with E-state index in [4.69, 9.17) is 9.47 Å². The third kappa shape index (κ3) is 3.86. The normalized spacial score (nSPS) is 9.59. The summed E-state index contributed by atoms with van der Waals surface area (Å²) in [5.41, 5.74) is 1.05. The van der Waals surface area contributed by atoms with E-state index in [1.54, 1.807) is 14.2 Å². The minimum absolute atomic E-state index is 0.425. The van der Waals surface area contributed by atoms with Crippen LogP contribution >= 0.6 is 0 Å². The van der Waals surface area contributed by atoms with Crippen molar-refractivity contribution in [3.63, 3.8) is 0 Å². The molecular weight excluding hydrogens is 222 g/mol. The molecule has 1 rings (SSSR count). The Morgan fingerprint density at radius 3 is 2.47 bits per heavy atom. The summed E-state index contributed by atoms with van der Waals surface area (Å²) in [4.78, 5) is 10.8. The van der Waals surface area contributed by atoms with Gasteiger partial charge in [-0.2, -0.15) is 0 Å². The zero-order valence-corrected chi connectivity index (χ0v) is 10.3. The summed E-state index contributed by atoms with van der Waals surface area (Å²) >= 11 is 0.